The van der Waals surface area contributed by atoms with E-state index in [9.17, 15) is 14.3 Å². The Kier molecular flexibility index (Phi) is 5.04. The van der Waals surface area contributed by atoms with Crippen LogP contribution >= 0.6 is 11.6 Å². The van der Waals surface area contributed by atoms with Gasteiger partial charge in [0.15, 0.2) is 11.6 Å². The van der Waals surface area contributed by atoms with E-state index >= 15 is 0 Å². The Labute approximate surface area is 161 Å². The molecule has 0 aromatic heterocycles. The highest BCUT2D eigenvalue weighted by Gasteiger charge is 2.38. The van der Waals surface area contributed by atoms with Gasteiger partial charge in [0, 0.05) is 35.8 Å². The lowest BCUT2D eigenvalue weighted by atomic mass is 10.1. The number of carbonyl (C=O) groups excluding carboxylic acids is 1. The summed E-state index contributed by atoms with van der Waals surface area (Å²) in [7, 11) is 0. The normalized spacial score (nSPS) is 25.2. The van der Waals surface area contributed by atoms with Gasteiger partial charge in [-0.2, -0.15) is 0 Å². The number of halogens is 2. The van der Waals surface area contributed by atoms with Crippen molar-refractivity contribution >= 4 is 17.5 Å². The molecule has 2 aliphatic rings. The highest BCUT2D eigenvalue weighted by molar-refractivity contribution is 6.30. The Morgan fingerprint density at radius 1 is 1.22 bits per heavy atom. The number of nitrogens with zero attached hydrogens (tertiary/aromatic N) is 1. The molecule has 1 amide bonds. The molecule has 0 saturated carbocycles. The quantitative estimate of drug-likeness (QED) is 0.845. The number of hydrogen-bond donors (Lipinski definition) is 2. The van der Waals surface area contributed by atoms with E-state index in [-0.39, 0.29) is 29.7 Å². The highest BCUT2D eigenvalue weighted by atomic mass is 35.5. The molecular weight excluding hydrogens is 371 g/mol. The van der Waals surface area contributed by atoms with Gasteiger partial charge in [-0.25, -0.2) is 4.39 Å². The molecule has 3 atom stereocenters. The van der Waals surface area contributed by atoms with Crippen molar-refractivity contribution in [3.63, 3.8) is 0 Å². The number of carbonyl (C=O) groups is 1. The number of ether oxygens (including phenoxy) is 1. The van der Waals surface area contributed by atoms with Crippen LogP contribution in [0.3, 0.4) is 0 Å². The minimum absolute atomic E-state index is 0.0147. The van der Waals surface area contributed by atoms with Gasteiger partial charge < -0.3 is 15.2 Å². The fourth-order valence-electron chi connectivity index (χ4n) is 3.77. The lowest BCUT2D eigenvalue weighted by Gasteiger charge is -2.35. The summed E-state index contributed by atoms with van der Waals surface area (Å²) >= 11 is 5.95. The molecule has 7 heteroatoms. The zero-order valence-electron chi connectivity index (χ0n) is 14.6. The number of benzene rings is 2. The van der Waals surface area contributed by atoms with Crippen molar-refractivity contribution in [3.05, 3.63) is 64.4 Å². The first-order valence-electron chi connectivity index (χ1n) is 8.90. The van der Waals surface area contributed by atoms with Crippen LogP contribution in [-0.2, 0) is 4.74 Å². The second kappa shape index (κ2) is 7.46. The monoisotopic (exact) mass is 390 g/mol. The molecule has 2 aromatic carbocycles. The van der Waals surface area contributed by atoms with Crippen molar-refractivity contribution in [2.45, 2.75) is 24.6 Å². The van der Waals surface area contributed by atoms with E-state index in [2.05, 4.69) is 10.2 Å². The molecule has 2 heterocycles. The predicted molar refractivity (Wildman–Crippen MR) is 99.4 cm³/mol. The molecule has 2 aromatic rings. The first kappa shape index (κ1) is 18.2. The van der Waals surface area contributed by atoms with Gasteiger partial charge in [-0.1, -0.05) is 23.7 Å². The van der Waals surface area contributed by atoms with E-state index in [0.717, 1.165) is 31.1 Å². The van der Waals surface area contributed by atoms with Gasteiger partial charge in [0.05, 0.1) is 12.7 Å². The summed E-state index contributed by atoms with van der Waals surface area (Å²) in [4.78, 5) is 14.7. The fraction of sp³-hybridized carbons (Fsp3) is 0.350. The lowest BCUT2D eigenvalue weighted by Crippen LogP contribution is -2.43. The molecular formula is C20H20ClFN2O3. The Morgan fingerprint density at radius 2 is 2.00 bits per heavy atom. The van der Waals surface area contributed by atoms with Crippen molar-refractivity contribution in [2.24, 2.45) is 0 Å². The number of phenolic OH excluding ortho intramolecular Hbond substituents is 1. The molecule has 4 rings (SSSR count). The minimum Gasteiger partial charge on any atom is -0.505 e. The van der Waals surface area contributed by atoms with E-state index in [4.69, 9.17) is 16.3 Å². The summed E-state index contributed by atoms with van der Waals surface area (Å²) in [5.74, 6) is -1.60. The molecule has 2 aliphatic heterocycles. The number of morpholine rings is 1. The van der Waals surface area contributed by atoms with Gasteiger partial charge in [0.2, 0.25) is 0 Å². The average molecular weight is 391 g/mol. The number of amides is 1. The van der Waals surface area contributed by atoms with E-state index in [1.165, 1.54) is 12.1 Å². The van der Waals surface area contributed by atoms with Crippen LogP contribution in [0.15, 0.2) is 42.5 Å². The molecule has 0 spiro atoms. The van der Waals surface area contributed by atoms with Crippen LogP contribution in [0.4, 0.5) is 4.39 Å². The first-order valence-corrected chi connectivity index (χ1v) is 9.28. The number of phenols is 1. The summed E-state index contributed by atoms with van der Waals surface area (Å²) in [5, 5.41) is 12.9. The van der Waals surface area contributed by atoms with E-state index in [1.54, 1.807) is 0 Å². The molecule has 2 N–H and O–H groups in total. The van der Waals surface area contributed by atoms with Crippen LogP contribution in [0.2, 0.25) is 5.02 Å². The van der Waals surface area contributed by atoms with Crippen molar-refractivity contribution in [2.75, 3.05) is 19.7 Å². The molecule has 142 valence electrons. The number of fused-ring (bicyclic) bond motifs is 1. The zero-order valence-corrected chi connectivity index (χ0v) is 15.3. The SMILES string of the molecule is O=C(N[C@H]1C[C@H]2CO[C@@H](c3ccc(Cl)cc3)CN2C1)c1ccc(O)c(F)c1. The molecule has 2 fully saturated rings. The van der Waals surface area contributed by atoms with Gasteiger partial charge in [-0.3, -0.25) is 9.69 Å². The molecule has 0 radical (unpaired) electrons. The lowest BCUT2D eigenvalue weighted by molar-refractivity contribution is -0.0502. The Morgan fingerprint density at radius 3 is 2.74 bits per heavy atom. The van der Waals surface area contributed by atoms with E-state index in [0.29, 0.717) is 11.6 Å². The molecule has 0 bridgehead atoms. The summed E-state index contributed by atoms with van der Waals surface area (Å²) in [5.41, 5.74) is 1.29. The number of aromatic hydroxyl groups is 1. The maximum absolute atomic E-state index is 13.5. The third-order valence-corrected chi connectivity index (χ3v) is 5.46. The van der Waals surface area contributed by atoms with Gasteiger partial charge in [0.1, 0.15) is 0 Å². The van der Waals surface area contributed by atoms with Crippen molar-refractivity contribution < 1.29 is 19.0 Å². The van der Waals surface area contributed by atoms with Crippen molar-refractivity contribution in [1.82, 2.24) is 10.2 Å². The zero-order chi connectivity index (χ0) is 19.0. The number of hydrogen-bond acceptors (Lipinski definition) is 4. The molecule has 0 unspecified atom stereocenters. The second-order valence-corrected chi connectivity index (χ2v) is 7.49. The third kappa shape index (κ3) is 3.93. The van der Waals surface area contributed by atoms with Crippen LogP contribution in [0.1, 0.15) is 28.4 Å². The summed E-state index contributed by atoms with van der Waals surface area (Å²) in [6, 6.07) is 11.5. The van der Waals surface area contributed by atoms with E-state index in [1.807, 2.05) is 24.3 Å². The van der Waals surface area contributed by atoms with Gasteiger partial charge in [-0.05, 0) is 42.3 Å². The van der Waals surface area contributed by atoms with Crippen LogP contribution in [0.25, 0.3) is 0 Å². The van der Waals surface area contributed by atoms with Crippen LogP contribution in [0.5, 0.6) is 5.75 Å². The Balaban J connectivity index is 1.37. The Bertz CT molecular complexity index is 846. The standard InChI is InChI=1S/C20H20ClFN2O3/c21-14-4-1-12(2-5-14)19-10-24-9-15(8-16(24)11-27-19)23-20(26)13-3-6-18(25)17(22)7-13/h1-7,15-16,19,25H,8-11H2,(H,23,26)/t15-,16-,19+/m0/s1. The van der Waals surface area contributed by atoms with Crippen molar-refractivity contribution in [3.8, 4) is 5.75 Å². The maximum atomic E-state index is 13.5. The number of nitrogens with one attached hydrogen (secondary N) is 1. The molecule has 2 saturated heterocycles. The Hall–Kier alpha value is -2.15. The third-order valence-electron chi connectivity index (χ3n) is 5.20. The maximum Gasteiger partial charge on any atom is 0.251 e. The minimum atomic E-state index is -0.800. The molecule has 5 nitrogen and oxygen atoms in total. The van der Waals surface area contributed by atoms with E-state index < -0.39 is 11.6 Å². The molecule has 27 heavy (non-hydrogen) atoms. The fourth-order valence-corrected chi connectivity index (χ4v) is 3.90. The first-order chi connectivity index (χ1) is 13.0. The number of rotatable bonds is 3. The largest absolute Gasteiger partial charge is 0.505 e. The summed E-state index contributed by atoms with van der Waals surface area (Å²) in [6.07, 6.45) is 0.777. The summed E-state index contributed by atoms with van der Waals surface area (Å²) in [6.45, 7) is 2.09. The summed E-state index contributed by atoms with van der Waals surface area (Å²) < 4.78 is 19.5. The van der Waals surface area contributed by atoms with Crippen LogP contribution < -0.4 is 5.32 Å². The average Bonchev–Trinajstić information content (AvgIpc) is 3.06. The van der Waals surface area contributed by atoms with Gasteiger partial charge in [0.25, 0.3) is 5.91 Å². The van der Waals surface area contributed by atoms with Crippen LogP contribution in [0, 0.1) is 5.82 Å². The van der Waals surface area contributed by atoms with Crippen LogP contribution in [-0.4, -0.2) is 47.7 Å². The smallest absolute Gasteiger partial charge is 0.251 e. The van der Waals surface area contributed by atoms with Gasteiger partial charge >= 0.3 is 0 Å². The second-order valence-electron chi connectivity index (χ2n) is 7.05. The van der Waals surface area contributed by atoms with Gasteiger partial charge in [-0.15, -0.1) is 0 Å². The predicted octanol–water partition coefficient (Wildman–Crippen LogP) is 3.13. The van der Waals surface area contributed by atoms with Crippen molar-refractivity contribution in [1.29, 1.82) is 0 Å². The topological polar surface area (TPSA) is 61.8 Å². The molecule has 0 aliphatic carbocycles. The highest BCUT2D eigenvalue weighted by Crippen LogP contribution is 2.31.